The van der Waals surface area contributed by atoms with Crippen molar-refractivity contribution in [3.8, 4) is 12.3 Å². The van der Waals surface area contributed by atoms with Gasteiger partial charge in [0.2, 0.25) is 5.91 Å². The van der Waals surface area contributed by atoms with E-state index < -0.39 is 0 Å². The second kappa shape index (κ2) is 8.54. The summed E-state index contributed by atoms with van der Waals surface area (Å²) in [5, 5.41) is 2.78. The fourth-order valence-corrected chi connectivity index (χ4v) is 0.957. The van der Waals surface area contributed by atoms with E-state index in [9.17, 15) is 4.79 Å². The highest BCUT2D eigenvalue weighted by Gasteiger charge is 2.08. The van der Waals surface area contributed by atoms with E-state index in [1.54, 1.807) is 0 Å². The van der Waals surface area contributed by atoms with Crippen LogP contribution in [0, 0.1) is 12.3 Å². The number of hydrogen-bond donors (Lipinski definition) is 2. The number of amides is 1. The minimum Gasteiger partial charge on any atom is -0.370 e. The molecule has 0 rings (SSSR count). The van der Waals surface area contributed by atoms with Crippen molar-refractivity contribution in [1.82, 2.24) is 5.32 Å². The molecule has 14 heavy (non-hydrogen) atoms. The van der Waals surface area contributed by atoms with Crippen LogP contribution in [0.1, 0.15) is 19.8 Å². The fraction of sp³-hybridized carbons (Fsp3) is 0.700. The van der Waals surface area contributed by atoms with Crippen molar-refractivity contribution in [1.29, 1.82) is 0 Å². The van der Waals surface area contributed by atoms with Gasteiger partial charge in [0.1, 0.15) is 6.61 Å². The third kappa shape index (κ3) is 6.46. The molecule has 3 N–H and O–H groups in total. The van der Waals surface area contributed by atoms with Crippen molar-refractivity contribution in [2.24, 2.45) is 5.73 Å². The molecule has 0 aromatic heterocycles. The van der Waals surface area contributed by atoms with Gasteiger partial charge in [0.25, 0.3) is 0 Å². The van der Waals surface area contributed by atoms with Gasteiger partial charge in [0, 0.05) is 19.0 Å². The number of carbonyl (C=O) groups is 1. The van der Waals surface area contributed by atoms with Gasteiger partial charge >= 0.3 is 0 Å². The summed E-state index contributed by atoms with van der Waals surface area (Å²) >= 11 is 0. The number of ether oxygens (including phenoxy) is 1. The zero-order chi connectivity index (χ0) is 10.8. The van der Waals surface area contributed by atoms with E-state index in [1.807, 2.05) is 6.92 Å². The van der Waals surface area contributed by atoms with Gasteiger partial charge < -0.3 is 15.8 Å². The molecular weight excluding hydrogens is 180 g/mol. The molecule has 4 nitrogen and oxygen atoms in total. The van der Waals surface area contributed by atoms with Crippen LogP contribution in [-0.2, 0) is 9.53 Å². The van der Waals surface area contributed by atoms with Crippen molar-refractivity contribution in [3.05, 3.63) is 0 Å². The Morgan fingerprint density at radius 1 is 1.71 bits per heavy atom. The van der Waals surface area contributed by atoms with Crippen LogP contribution in [0.3, 0.4) is 0 Å². The standard InChI is InChI=1S/C10H18N2O2/c1-3-5-9(4-2)12-10(13)8-14-7-6-11/h1,9H,4-8,11H2,2H3,(H,12,13). The highest BCUT2D eigenvalue weighted by molar-refractivity contribution is 5.77. The first kappa shape index (κ1) is 12.9. The van der Waals surface area contributed by atoms with E-state index in [1.165, 1.54) is 0 Å². The zero-order valence-electron chi connectivity index (χ0n) is 8.58. The number of hydrogen-bond acceptors (Lipinski definition) is 3. The maximum absolute atomic E-state index is 11.2. The van der Waals surface area contributed by atoms with Gasteiger partial charge in [0.05, 0.1) is 6.61 Å². The SMILES string of the molecule is C#CCC(CC)NC(=O)COCCN. The predicted octanol–water partition coefficient (Wildman–Crippen LogP) is -0.120. The first-order valence-corrected chi connectivity index (χ1v) is 4.75. The van der Waals surface area contributed by atoms with E-state index >= 15 is 0 Å². The molecule has 1 unspecified atom stereocenters. The van der Waals surface area contributed by atoms with Crippen molar-refractivity contribution in [3.63, 3.8) is 0 Å². The number of rotatable bonds is 7. The van der Waals surface area contributed by atoms with Gasteiger partial charge in [-0.15, -0.1) is 12.3 Å². The molecule has 80 valence electrons. The molecule has 0 saturated carbocycles. The first-order chi connectivity index (χ1) is 6.74. The summed E-state index contributed by atoms with van der Waals surface area (Å²) in [5.74, 6) is 2.38. The van der Waals surface area contributed by atoms with E-state index in [0.29, 0.717) is 19.6 Å². The van der Waals surface area contributed by atoms with Crippen LogP contribution in [0.4, 0.5) is 0 Å². The fourth-order valence-electron chi connectivity index (χ4n) is 0.957. The van der Waals surface area contributed by atoms with Crippen LogP contribution in [0.2, 0.25) is 0 Å². The van der Waals surface area contributed by atoms with Crippen LogP contribution in [0.25, 0.3) is 0 Å². The molecule has 1 amide bonds. The molecule has 0 heterocycles. The Hall–Kier alpha value is -1.05. The van der Waals surface area contributed by atoms with E-state index in [-0.39, 0.29) is 18.6 Å². The van der Waals surface area contributed by atoms with Gasteiger partial charge in [-0.3, -0.25) is 4.79 Å². The Kier molecular flexibility index (Phi) is 7.90. The monoisotopic (exact) mass is 198 g/mol. The van der Waals surface area contributed by atoms with Gasteiger partial charge in [-0.25, -0.2) is 0 Å². The number of nitrogens with two attached hydrogens (primary N) is 1. The molecule has 0 aromatic rings. The highest BCUT2D eigenvalue weighted by atomic mass is 16.5. The summed E-state index contributed by atoms with van der Waals surface area (Å²) in [6.45, 7) is 2.86. The predicted molar refractivity (Wildman–Crippen MR) is 55.5 cm³/mol. The van der Waals surface area contributed by atoms with Crippen molar-refractivity contribution in [2.45, 2.75) is 25.8 Å². The Morgan fingerprint density at radius 3 is 2.93 bits per heavy atom. The normalized spacial score (nSPS) is 11.8. The third-order valence-corrected chi connectivity index (χ3v) is 1.72. The third-order valence-electron chi connectivity index (χ3n) is 1.72. The molecule has 0 aliphatic rings. The average Bonchev–Trinajstić information content (AvgIpc) is 2.17. The smallest absolute Gasteiger partial charge is 0.246 e. The molecule has 0 fully saturated rings. The van der Waals surface area contributed by atoms with Gasteiger partial charge in [-0.1, -0.05) is 6.92 Å². The Bertz CT molecular complexity index is 199. The number of carbonyl (C=O) groups excluding carboxylic acids is 1. The maximum Gasteiger partial charge on any atom is 0.246 e. The lowest BCUT2D eigenvalue weighted by atomic mass is 10.1. The summed E-state index contributed by atoms with van der Waals surface area (Å²) in [7, 11) is 0. The minimum atomic E-state index is -0.138. The Balaban J connectivity index is 3.63. The van der Waals surface area contributed by atoms with E-state index in [4.69, 9.17) is 16.9 Å². The van der Waals surface area contributed by atoms with Crippen LogP contribution in [0.15, 0.2) is 0 Å². The van der Waals surface area contributed by atoms with Crippen molar-refractivity contribution >= 4 is 5.91 Å². The molecule has 0 aliphatic carbocycles. The Labute approximate surface area is 85.2 Å². The highest BCUT2D eigenvalue weighted by Crippen LogP contribution is 1.95. The van der Waals surface area contributed by atoms with E-state index in [0.717, 1.165) is 6.42 Å². The quantitative estimate of drug-likeness (QED) is 0.443. The van der Waals surface area contributed by atoms with Crippen LogP contribution >= 0.6 is 0 Å². The largest absolute Gasteiger partial charge is 0.370 e. The maximum atomic E-state index is 11.2. The lowest BCUT2D eigenvalue weighted by Gasteiger charge is -2.13. The van der Waals surface area contributed by atoms with Crippen LogP contribution in [-0.4, -0.2) is 31.7 Å². The number of terminal acetylenes is 1. The molecule has 0 aromatic carbocycles. The second-order valence-corrected chi connectivity index (χ2v) is 2.92. The van der Waals surface area contributed by atoms with Gasteiger partial charge in [-0.2, -0.15) is 0 Å². The summed E-state index contributed by atoms with van der Waals surface area (Å²) in [5.41, 5.74) is 5.21. The average molecular weight is 198 g/mol. The van der Waals surface area contributed by atoms with Crippen LogP contribution < -0.4 is 11.1 Å². The summed E-state index contributed by atoms with van der Waals surface area (Å²) in [6.07, 6.45) is 6.53. The molecule has 1 atom stereocenters. The molecule has 0 bridgehead atoms. The zero-order valence-corrected chi connectivity index (χ0v) is 8.58. The molecule has 0 spiro atoms. The van der Waals surface area contributed by atoms with Gasteiger partial charge in [0.15, 0.2) is 0 Å². The van der Waals surface area contributed by atoms with Crippen molar-refractivity contribution in [2.75, 3.05) is 19.8 Å². The second-order valence-electron chi connectivity index (χ2n) is 2.92. The molecule has 4 heteroatoms. The number of nitrogens with one attached hydrogen (secondary N) is 1. The molecule has 0 radical (unpaired) electrons. The first-order valence-electron chi connectivity index (χ1n) is 4.75. The van der Waals surface area contributed by atoms with Crippen molar-refractivity contribution < 1.29 is 9.53 Å². The molecule has 0 aliphatic heterocycles. The lowest BCUT2D eigenvalue weighted by Crippen LogP contribution is -2.36. The van der Waals surface area contributed by atoms with E-state index in [2.05, 4.69) is 11.2 Å². The summed E-state index contributed by atoms with van der Waals surface area (Å²) in [4.78, 5) is 11.2. The Morgan fingerprint density at radius 2 is 2.43 bits per heavy atom. The van der Waals surface area contributed by atoms with Crippen LogP contribution in [0.5, 0.6) is 0 Å². The summed E-state index contributed by atoms with van der Waals surface area (Å²) < 4.78 is 4.98. The van der Waals surface area contributed by atoms with Gasteiger partial charge in [-0.05, 0) is 6.42 Å². The lowest BCUT2D eigenvalue weighted by molar-refractivity contribution is -0.126. The molecular formula is C10H18N2O2. The molecule has 0 saturated heterocycles. The minimum absolute atomic E-state index is 0.0500. The summed E-state index contributed by atoms with van der Waals surface area (Å²) in [6, 6.07) is 0.0500. The topological polar surface area (TPSA) is 64.3 Å².